The molecular formula is C14H20ClNO. The third kappa shape index (κ3) is 3.36. The molecule has 0 unspecified atom stereocenters. The lowest BCUT2D eigenvalue weighted by atomic mass is 9.77. The van der Waals surface area contributed by atoms with Gasteiger partial charge < -0.3 is 10.1 Å². The Morgan fingerprint density at radius 1 is 1.29 bits per heavy atom. The molecule has 0 saturated heterocycles. The van der Waals surface area contributed by atoms with Gasteiger partial charge in [-0.25, -0.2) is 0 Å². The molecule has 1 aliphatic rings. The normalized spacial score (nSPS) is 17.5. The minimum atomic E-state index is 0.0655. The summed E-state index contributed by atoms with van der Waals surface area (Å²) in [6, 6.07) is 7.67. The van der Waals surface area contributed by atoms with E-state index in [0.29, 0.717) is 0 Å². The van der Waals surface area contributed by atoms with E-state index in [1.165, 1.54) is 19.3 Å². The van der Waals surface area contributed by atoms with E-state index in [1.54, 1.807) is 0 Å². The van der Waals surface area contributed by atoms with Crippen LogP contribution in [0, 0.1) is 0 Å². The fraction of sp³-hybridized carbons (Fsp3) is 0.571. The van der Waals surface area contributed by atoms with Crippen molar-refractivity contribution >= 4 is 11.6 Å². The van der Waals surface area contributed by atoms with Crippen molar-refractivity contribution in [2.45, 2.75) is 38.2 Å². The topological polar surface area (TPSA) is 21.3 Å². The van der Waals surface area contributed by atoms with Gasteiger partial charge in [0.1, 0.15) is 11.4 Å². The molecule has 1 fully saturated rings. The Kier molecular flexibility index (Phi) is 4.30. The zero-order valence-corrected chi connectivity index (χ0v) is 11.1. The highest BCUT2D eigenvalue weighted by atomic mass is 35.5. The zero-order chi connectivity index (χ0) is 12.1. The number of ether oxygens (including phenoxy) is 1. The van der Waals surface area contributed by atoms with Crippen LogP contribution in [0.3, 0.4) is 0 Å². The molecule has 0 atom stereocenters. The van der Waals surface area contributed by atoms with Crippen LogP contribution in [0.4, 0.5) is 0 Å². The van der Waals surface area contributed by atoms with Crippen LogP contribution < -0.4 is 10.1 Å². The van der Waals surface area contributed by atoms with Gasteiger partial charge in [-0.1, -0.05) is 18.5 Å². The molecule has 1 N–H and O–H groups in total. The van der Waals surface area contributed by atoms with E-state index in [1.807, 2.05) is 24.3 Å². The van der Waals surface area contributed by atoms with Crippen molar-refractivity contribution in [2.75, 3.05) is 13.1 Å². The van der Waals surface area contributed by atoms with E-state index in [9.17, 15) is 0 Å². The van der Waals surface area contributed by atoms with Crippen LogP contribution in [-0.2, 0) is 0 Å². The third-order valence-electron chi connectivity index (χ3n) is 3.42. The van der Waals surface area contributed by atoms with Crippen molar-refractivity contribution in [3.05, 3.63) is 29.3 Å². The second kappa shape index (κ2) is 5.74. The summed E-state index contributed by atoms with van der Waals surface area (Å²) in [5.74, 6) is 0.936. The van der Waals surface area contributed by atoms with E-state index in [2.05, 4.69) is 12.2 Å². The van der Waals surface area contributed by atoms with E-state index in [-0.39, 0.29) is 5.60 Å². The summed E-state index contributed by atoms with van der Waals surface area (Å²) >= 11 is 5.87. The van der Waals surface area contributed by atoms with Gasteiger partial charge in [0.2, 0.25) is 0 Å². The fourth-order valence-electron chi connectivity index (χ4n) is 2.22. The molecule has 17 heavy (non-hydrogen) atoms. The van der Waals surface area contributed by atoms with Crippen LogP contribution >= 0.6 is 11.6 Å². The van der Waals surface area contributed by atoms with E-state index in [0.717, 1.165) is 30.3 Å². The van der Waals surface area contributed by atoms with Gasteiger partial charge in [0.15, 0.2) is 0 Å². The highest BCUT2D eigenvalue weighted by Gasteiger charge is 2.38. The Morgan fingerprint density at radius 3 is 2.53 bits per heavy atom. The summed E-state index contributed by atoms with van der Waals surface area (Å²) in [6.45, 7) is 4.19. The predicted molar refractivity (Wildman–Crippen MR) is 71.8 cm³/mol. The fourth-order valence-corrected chi connectivity index (χ4v) is 2.35. The van der Waals surface area contributed by atoms with Gasteiger partial charge in [0.25, 0.3) is 0 Å². The summed E-state index contributed by atoms with van der Waals surface area (Å²) in [5.41, 5.74) is 0.0655. The first-order chi connectivity index (χ1) is 8.24. The minimum absolute atomic E-state index is 0.0655. The van der Waals surface area contributed by atoms with Crippen molar-refractivity contribution in [2.24, 2.45) is 0 Å². The van der Waals surface area contributed by atoms with Crippen molar-refractivity contribution in [1.82, 2.24) is 5.32 Å². The van der Waals surface area contributed by atoms with Gasteiger partial charge in [-0.05, 0) is 63.0 Å². The molecular weight excluding hydrogens is 234 g/mol. The van der Waals surface area contributed by atoms with E-state index < -0.39 is 0 Å². The highest BCUT2D eigenvalue weighted by molar-refractivity contribution is 6.30. The highest BCUT2D eigenvalue weighted by Crippen LogP contribution is 2.39. The molecule has 2 nitrogen and oxygen atoms in total. The molecule has 0 aliphatic heterocycles. The average molecular weight is 254 g/mol. The molecule has 0 amide bonds. The quantitative estimate of drug-likeness (QED) is 0.782. The van der Waals surface area contributed by atoms with Crippen LogP contribution in [0.15, 0.2) is 24.3 Å². The Hall–Kier alpha value is -0.730. The van der Waals surface area contributed by atoms with E-state index in [4.69, 9.17) is 16.3 Å². The van der Waals surface area contributed by atoms with Crippen molar-refractivity contribution in [3.8, 4) is 5.75 Å². The number of hydrogen-bond acceptors (Lipinski definition) is 2. The lowest BCUT2D eigenvalue weighted by Crippen LogP contribution is -2.45. The Labute approximate surface area is 108 Å². The standard InChI is InChI=1S/C14H20ClNO/c1-2-16-11-10-14(8-3-9-14)17-13-6-4-12(15)5-7-13/h4-7,16H,2-3,8-11H2,1H3. The SMILES string of the molecule is CCNCCC1(Oc2ccc(Cl)cc2)CCC1. The number of benzene rings is 1. The van der Waals surface area contributed by atoms with Crippen LogP contribution in [0.25, 0.3) is 0 Å². The van der Waals surface area contributed by atoms with Crippen molar-refractivity contribution in [1.29, 1.82) is 0 Å². The minimum Gasteiger partial charge on any atom is -0.487 e. The average Bonchev–Trinajstić information content (AvgIpc) is 2.29. The number of nitrogens with one attached hydrogen (secondary N) is 1. The van der Waals surface area contributed by atoms with Gasteiger partial charge >= 0.3 is 0 Å². The molecule has 3 heteroatoms. The first-order valence-electron chi connectivity index (χ1n) is 6.39. The maximum Gasteiger partial charge on any atom is 0.120 e. The van der Waals surface area contributed by atoms with Gasteiger partial charge in [0.05, 0.1) is 0 Å². The van der Waals surface area contributed by atoms with Crippen molar-refractivity contribution < 1.29 is 4.74 Å². The second-order valence-corrected chi connectivity index (χ2v) is 5.13. The molecule has 0 radical (unpaired) electrons. The van der Waals surface area contributed by atoms with Gasteiger partial charge in [0, 0.05) is 5.02 Å². The molecule has 1 aliphatic carbocycles. The first-order valence-corrected chi connectivity index (χ1v) is 6.77. The molecule has 0 spiro atoms. The predicted octanol–water partition coefficient (Wildman–Crippen LogP) is 3.64. The molecule has 0 bridgehead atoms. The van der Waals surface area contributed by atoms with Crippen LogP contribution in [0.1, 0.15) is 32.6 Å². The summed E-state index contributed by atoms with van der Waals surface area (Å²) in [6.07, 6.45) is 4.70. The second-order valence-electron chi connectivity index (χ2n) is 4.70. The maximum absolute atomic E-state index is 6.14. The van der Waals surface area contributed by atoms with Crippen LogP contribution in [-0.4, -0.2) is 18.7 Å². The molecule has 0 aromatic heterocycles. The monoisotopic (exact) mass is 253 g/mol. The zero-order valence-electron chi connectivity index (χ0n) is 10.3. The largest absolute Gasteiger partial charge is 0.487 e. The summed E-state index contributed by atoms with van der Waals surface area (Å²) < 4.78 is 6.14. The third-order valence-corrected chi connectivity index (χ3v) is 3.67. The smallest absolute Gasteiger partial charge is 0.120 e. The Morgan fingerprint density at radius 2 is 2.00 bits per heavy atom. The summed E-state index contributed by atoms with van der Waals surface area (Å²) in [7, 11) is 0. The maximum atomic E-state index is 6.14. The van der Waals surface area contributed by atoms with Crippen LogP contribution in [0.5, 0.6) is 5.75 Å². The number of halogens is 1. The molecule has 2 rings (SSSR count). The van der Waals surface area contributed by atoms with Gasteiger partial charge in [-0.15, -0.1) is 0 Å². The van der Waals surface area contributed by atoms with Crippen LogP contribution in [0.2, 0.25) is 5.02 Å². The molecule has 1 aromatic carbocycles. The Bertz CT molecular complexity index is 346. The lowest BCUT2D eigenvalue weighted by molar-refractivity contribution is -0.0141. The van der Waals surface area contributed by atoms with Gasteiger partial charge in [-0.3, -0.25) is 0 Å². The first kappa shape index (κ1) is 12.7. The summed E-state index contributed by atoms with van der Waals surface area (Å²) in [5, 5.41) is 4.12. The molecule has 1 saturated carbocycles. The summed E-state index contributed by atoms with van der Waals surface area (Å²) in [4.78, 5) is 0. The lowest BCUT2D eigenvalue weighted by Gasteiger charge is -2.42. The number of hydrogen-bond donors (Lipinski definition) is 1. The Balaban J connectivity index is 1.92. The van der Waals surface area contributed by atoms with E-state index >= 15 is 0 Å². The van der Waals surface area contributed by atoms with Gasteiger partial charge in [-0.2, -0.15) is 0 Å². The molecule has 94 valence electrons. The van der Waals surface area contributed by atoms with Crippen molar-refractivity contribution in [3.63, 3.8) is 0 Å². The number of rotatable bonds is 6. The molecule has 1 aromatic rings. The molecule has 0 heterocycles.